The molecule has 1 unspecified atom stereocenters. The molecule has 0 saturated heterocycles. The summed E-state index contributed by atoms with van der Waals surface area (Å²) in [5.41, 5.74) is 4.91. The van der Waals surface area contributed by atoms with Crippen LogP contribution in [0, 0.1) is 0 Å². The molecule has 1 atom stereocenters. The minimum absolute atomic E-state index is 0.0184. The maximum Gasteiger partial charge on any atom is 0.305 e. The molecule has 5 N–H and O–H groups in total. The molecular weight excluding hydrogens is 298 g/mol. The monoisotopic (exact) mass is 319 g/mol. The Morgan fingerprint density at radius 1 is 1.19 bits per heavy atom. The van der Waals surface area contributed by atoms with Gasteiger partial charge in [-0.1, -0.05) is 13.8 Å². The van der Waals surface area contributed by atoms with Gasteiger partial charge in [0.2, 0.25) is 17.7 Å². The van der Waals surface area contributed by atoms with Crippen LogP contribution in [-0.4, -0.2) is 52.4 Å². The number of hydrogen-bond donors (Lipinski definition) is 4. The van der Waals surface area contributed by atoms with Gasteiger partial charge in [-0.2, -0.15) is 0 Å². The number of amides is 3. The third kappa shape index (κ3) is 10.7. The standard InChI is InChI=1S/C12H21N3O5S/c1-7(2)21-8(5-11(18)19)12(20)15-6-10(17)14-4-3-9(13)16/h7-8H,3-6H2,1-2H3,(H2,13,16)(H,14,17)(H,15,20)(H,18,19). The van der Waals surface area contributed by atoms with Crippen molar-refractivity contribution in [3.8, 4) is 0 Å². The largest absolute Gasteiger partial charge is 0.481 e. The molecule has 0 fully saturated rings. The lowest BCUT2D eigenvalue weighted by Crippen LogP contribution is -2.42. The Bertz CT molecular complexity index is 400. The zero-order valence-electron chi connectivity index (χ0n) is 12.0. The average Bonchev–Trinajstić information content (AvgIpc) is 2.33. The minimum Gasteiger partial charge on any atom is -0.481 e. The summed E-state index contributed by atoms with van der Waals surface area (Å²) in [6.07, 6.45) is -0.289. The summed E-state index contributed by atoms with van der Waals surface area (Å²) in [5, 5.41) is 12.9. The van der Waals surface area contributed by atoms with Crippen molar-refractivity contribution < 1.29 is 24.3 Å². The first-order valence-electron chi connectivity index (χ1n) is 6.42. The molecule has 120 valence electrons. The number of carboxylic acids is 1. The van der Waals surface area contributed by atoms with E-state index in [1.165, 1.54) is 11.8 Å². The Morgan fingerprint density at radius 3 is 2.29 bits per heavy atom. The van der Waals surface area contributed by atoms with Gasteiger partial charge in [0.05, 0.1) is 18.2 Å². The van der Waals surface area contributed by atoms with Crippen LogP contribution >= 0.6 is 11.8 Å². The van der Waals surface area contributed by atoms with Crippen molar-refractivity contribution in [2.24, 2.45) is 5.73 Å². The van der Waals surface area contributed by atoms with E-state index < -0.39 is 28.9 Å². The zero-order chi connectivity index (χ0) is 16.4. The van der Waals surface area contributed by atoms with Gasteiger partial charge in [-0.15, -0.1) is 11.8 Å². The number of carbonyl (C=O) groups excluding carboxylic acids is 3. The summed E-state index contributed by atoms with van der Waals surface area (Å²) >= 11 is 1.22. The lowest BCUT2D eigenvalue weighted by molar-refractivity contribution is -0.138. The summed E-state index contributed by atoms with van der Waals surface area (Å²) < 4.78 is 0. The molecule has 0 spiro atoms. The Labute approximate surface area is 127 Å². The molecule has 0 heterocycles. The molecule has 0 saturated carbocycles. The summed E-state index contributed by atoms with van der Waals surface area (Å²) in [4.78, 5) is 44.5. The van der Waals surface area contributed by atoms with Crippen molar-refractivity contribution in [3.63, 3.8) is 0 Å². The summed E-state index contributed by atoms with van der Waals surface area (Å²) in [7, 11) is 0. The third-order valence-corrected chi connectivity index (χ3v) is 3.46. The molecule has 3 amide bonds. The predicted octanol–water partition coefficient (Wildman–Crippen LogP) is -0.921. The van der Waals surface area contributed by atoms with Gasteiger partial charge < -0.3 is 21.5 Å². The number of carbonyl (C=O) groups is 4. The van der Waals surface area contributed by atoms with Crippen molar-refractivity contribution in [1.29, 1.82) is 0 Å². The summed E-state index contributed by atoms with van der Waals surface area (Å²) in [6.45, 7) is 3.53. The van der Waals surface area contributed by atoms with Crippen LogP contribution in [-0.2, 0) is 19.2 Å². The molecule has 21 heavy (non-hydrogen) atoms. The van der Waals surface area contributed by atoms with E-state index in [-0.39, 0.29) is 31.2 Å². The van der Waals surface area contributed by atoms with E-state index in [2.05, 4.69) is 10.6 Å². The van der Waals surface area contributed by atoms with Crippen LogP contribution in [0.1, 0.15) is 26.7 Å². The number of primary amides is 1. The zero-order valence-corrected chi connectivity index (χ0v) is 12.9. The average molecular weight is 319 g/mol. The highest BCUT2D eigenvalue weighted by Crippen LogP contribution is 2.20. The predicted molar refractivity (Wildman–Crippen MR) is 78.6 cm³/mol. The van der Waals surface area contributed by atoms with E-state index in [1.807, 2.05) is 13.8 Å². The SMILES string of the molecule is CC(C)SC(CC(=O)O)C(=O)NCC(=O)NCCC(N)=O. The van der Waals surface area contributed by atoms with Crippen molar-refractivity contribution in [2.45, 2.75) is 37.2 Å². The van der Waals surface area contributed by atoms with Gasteiger partial charge in [0.1, 0.15) is 0 Å². The molecule has 8 nitrogen and oxygen atoms in total. The van der Waals surface area contributed by atoms with Crippen molar-refractivity contribution in [3.05, 3.63) is 0 Å². The van der Waals surface area contributed by atoms with Crippen molar-refractivity contribution in [1.82, 2.24) is 10.6 Å². The van der Waals surface area contributed by atoms with E-state index in [9.17, 15) is 19.2 Å². The molecule has 0 aliphatic heterocycles. The van der Waals surface area contributed by atoms with E-state index in [1.54, 1.807) is 0 Å². The van der Waals surface area contributed by atoms with Gasteiger partial charge in [0.25, 0.3) is 0 Å². The second-order valence-electron chi connectivity index (χ2n) is 4.56. The maximum absolute atomic E-state index is 11.9. The van der Waals surface area contributed by atoms with Crippen LogP contribution in [0.4, 0.5) is 0 Å². The first-order chi connectivity index (χ1) is 9.72. The van der Waals surface area contributed by atoms with E-state index >= 15 is 0 Å². The molecule has 0 bridgehead atoms. The maximum atomic E-state index is 11.9. The first kappa shape index (κ1) is 19.2. The number of thioether (sulfide) groups is 1. The van der Waals surface area contributed by atoms with Crippen LogP contribution in [0.3, 0.4) is 0 Å². The normalized spacial score (nSPS) is 11.8. The topological polar surface area (TPSA) is 139 Å². The van der Waals surface area contributed by atoms with E-state index in [4.69, 9.17) is 10.8 Å². The molecule has 0 rings (SSSR count). The molecule has 0 aliphatic rings. The first-order valence-corrected chi connectivity index (χ1v) is 7.36. The van der Waals surface area contributed by atoms with Gasteiger partial charge in [-0.05, 0) is 5.25 Å². The van der Waals surface area contributed by atoms with Gasteiger partial charge in [0.15, 0.2) is 0 Å². The molecule has 0 radical (unpaired) electrons. The summed E-state index contributed by atoms with van der Waals surface area (Å²) in [6, 6.07) is 0. The number of nitrogens with two attached hydrogens (primary N) is 1. The van der Waals surface area contributed by atoms with Crippen LogP contribution < -0.4 is 16.4 Å². The molecular formula is C12H21N3O5S. The number of rotatable bonds is 10. The second kappa shape index (κ2) is 10.0. The minimum atomic E-state index is -1.07. The Morgan fingerprint density at radius 2 is 1.81 bits per heavy atom. The second-order valence-corrected chi connectivity index (χ2v) is 6.34. The highest BCUT2D eigenvalue weighted by atomic mass is 32.2. The molecule has 0 aromatic carbocycles. The van der Waals surface area contributed by atoms with Gasteiger partial charge >= 0.3 is 5.97 Å². The number of aliphatic carboxylic acids is 1. The fourth-order valence-corrected chi connectivity index (χ4v) is 2.46. The molecule has 9 heteroatoms. The van der Waals surface area contributed by atoms with Crippen LogP contribution in [0.15, 0.2) is 0 Å². The quantitative estimate of drug-likeness (QED) is 0.411. The fraction of sp³-hybridized carbons (Fsp3) is 0.667. The Kier molecular flexibility index (Phi) is 9.18. The third-order valence-electron chi connectivity index (χ3n) is 2.21. The van der Waals surface area contributed by atoms with Crippen molar-refractivity contribution >= 4 is 35.5 Å². The van der Waals surface area contributed by atoms with Crippen molar-refractivity contribution in [2.75, 3.05) is 13.1 Å². The number of hydrogen-bond acceptors (Lipinski definition) is 5. The highest BCUT2D eigenvalue weighted by molar-refractivity contribution is 8.01. The van der Waals surface area contributed by atoms with E-state index in [0.29, 0.717) is 0 Å². The molecule has 0 aliphatic carbocycles. The van der Waals surface area contributed by atoms with Gasteiger partial charge in [-0.25, -0.2) is 0 Å². The summed E-state index contributed by atoms with van der Waals surface area (Å²) in [5.74, 6) is -2.57. The molecule has 0 aromatic rings. The highest BCUT2D eigenvalue weighted by Gasteiger charge is 2.23. The Hall–Kier alpha value is -1.77. The van der Waals surface area contributed by atoms with E-state index in [0.717, 1.165) is 0 Å². The fourth-order valence-electron chi connectivity index (χ4n) is 1.36. The van der Waals surface area contributed by atoms with Gasteiger partial charge in [-0.3, -0.25) is 19.2 Å². The Balaban J connectivity index is 4.20. The lowest BCUT2D eigenvalue weighted by Gasteiger charge is -2.16. The number of carboxylic acid groups (broad SMARTS) is 1. The lowest BCUT2D eigenvalue weighted by atomic mass is 10.3. The van der Waals surface area contributed by atoms with Crippen LogP contribution in [0.5, 0.6) is 0 Å². The smallest absolute Gasteiger partial charge is 0.305 e. The van der Waals surface area contributed by atoms with Gasteiger partial charge in [0, 0.05) is 13.0 Å². The molecule has 0 aromatic heterocycles. The van der Waals surface area contributed by atoms with Crippen LogP contribution in [0.25, 0.3) is 0 Å². The van der Waals surface area contributed by atoms with Crippen LogP contribution in [0.2, 0.25) is 0 Å². The number of nitrogens with one attached hydrogen (secondary N) is 2.